The van der Waals surface area contributed by atoms with Crippen LogP contribution in [0.5, 0.6) is 5.75 Å². The van der Waals surface area contributed by atoms with Gasteiger partial charge < -0.3 is 15.2 Å². The predicted molar refractivity (Wildman–Crippen MR) is 77.4 cm³/mol. The Bertz CT molecular complexity index is 415. The number of fused-ring (bicyclic) bond motifs is 1. The molecule has 1 aromatic rings. The molecule has 1 aliphatic rings. The van der Waals surface area contributed by atoms with E-state index in [0.717, 1.165) is 44.7 Å². The summed E-state index contributed by atoms with van der Waals surface area (Å²) in [5.74, 6) is 1.05. The maximum absolute atomic E-state index is 9.19. The molecule has 0 atom stereocenters. The molecule has 1 aromatic carbocycles. The summed E-state index contributed by atoms with van der Waals surface area (Å²) in [5, 5.41) is 12.7. The first kappa shape index (κ1) is 14.4. The highest BCUT2D eigenvalue weighted by Crippen LogP contribution is 2.25. The minimum absolute atomic E-state index is 0.0482. The number of hydrogen-bond acceptors (Lipinski definition) is 3. The summed E-state index contributed by atoms with van der Waals surface area (Å²) in [6, 6.07) is 6.45. The quantitative estimate of drug-likeness (QED) is 0.743. The number of nitrogens with one attached hydrogen (secondary N) is 1. The van der Waals surface area contributed by atoms with Gasteiger partial charge in [0.25, 0.3) is 0 Å². The van der Waals surface area contributed by atoms with Crippen LogP contribution in [0.15, 0.2) is 18.2 Å². The average Bonchev–Trinajstić information content (AvgIpc) is 2.85. The van der Waals surface area contributed by atoms with Crippen LogP contribution in [0.2, 0.25) is 0 Å². The molecule has 0 saturated heterocycles. The van der Waals surface area contributed by atoms with E-state index in [1.807, 2.05) is 0 Å². The molecule has 0 fully saturated rings. The molecule has 0 spiro atoms. The van der Waals surface area contributed by atoms with Crippen molar-refractivity contribution in [3.05, 3.63) is 29.3 Å². The Hall–Kier alpha value is -1.06. The fourth-order valence-corrected chi connectivity index (χ4v) is 2.35. The van der Waals surface area contributed by atoms with Crippen molar-refractivity contribution in [2.75, 3.05) is 19.8 Å². The molecular formula is C16H25NO2. The van der Waals surface area contributed by atoms with Gasteiger partial charge in [-0.2, -0.15) is 0 Å². The van der Waals surface area contributed by atoms with Crippen molar-refractivity contribution in [3.63, 3.8) is 0 Å². The average molecular weight is 263 g/mol. The van der Waals surface area contributed by atoms with Gasteiger partial charge in [0.1, 0.15) is 5.75 Å². The van der Waals surface area contributed by atoms with Crippen molar-refractivity contribution >= 4 is 0 Å². The SMILES string of the molecule is CC(C)(CO)CCCNCc1ccc2c(c1)CCO2. The molecule has 0 unspecified atom stereocenters. The summed E-state index contributed by atoms with van der Waals surface area (Å²) >= 11 is 0. The summed E-state index contributed by atoms with van der Waals surface area (Å²) in [7, 11) is 0. The molecule has 3 heteroatoms. The molecule has 0 bridgehead atoms. The Morgan fingerprint density at radius 3 is 3.00 bits per heavy atom. The van der Waals surface area contributed by atoms with E-state index in [2.05, 4.69) is 37.4 Å². The van der Waals surface area contributed by atoms with Gasteiger partial charge in [-0.25, -0.2) is 0 Å². The van der Waals surface area contributed by atoms with Crippen molar-refractivity contribution < 1.29 is 9.84 Å². The van der Waals surface area contributed by atoms with E-state index < -0.39 is 0 Å². The normalized spacial score (nSPS) is 14.3. The maximum atomic E-state index is 9.19. The third-order valence-corrected chi connectivity index (χ3v) is 3.72. The highest BCUT2D eigenvalue weighted by Gasteiger charge is 2.15. The van der Waals surface area contributed by atoms with Gasteiger partial charge in [0.05, 0.1) is 6.61 Å². The van der Waals surface area contributed by atoms with Crippen LogP contribution >= 0.6 is 0 Å². The lowest BCUT2D eigenvalue weighted by molar-refractivity contribution is 0.148. The van der Waals surface area contributed by atoms with Gasteiger partial charge >= 0.3 is 0 Å². The van der Waals surface area contributed by atoms with Crippen LogP contribution in [0.4, 0.5) is 0 Å². The standard InChI is InChI=1S/C16H25NO2/c1-16(2,12-18)7-3-8-17-11-13-4-5-15-14(10-13)6-9-19-15/h4-5,10,17-18H,3,6-9,11-12H2,1-2H3. The molecule has 1 aliphatic heterocycles. The third-order valence-electron chi connectivity index (χ3n) is 3.72. The van der Waals surface area contributed by atoms with E-state index in [0.29, 0.717) is 0 Å². The highest BCUT2D eigenvalue weighted by atomic mass is 16.5. The van der Waals surface area contributed by atoms with Crippen molar-refractivity contribution in [1.82, 2.24) is 5.32 Å². The highest BCUT2D eigenvalue weighted by molar-refractivity contribution is 5.39. The van der Waals surface area contributed by atoms with Gasteiger partial charge in [0.2, 0.25) is 0 Å². The minimum Gasteiger partial charge on any atom is -0.493 e. The van der Waals surface area contributed by atoms with Crippen molar-refractivity contribution in [3.8, 4) is 5.75 Å². The first-order valence-corrected chi connectivity index (χ1v) is 7.17. The van der Waals surface area contributed by atoms with Crippen molar-refractivity contribution in [2.45, 2.75) is 39.7 Å². The second-order valence-corrected chi connectivity index (χ2v) is 6.14. The van der Waals surface area contributed by atoms with Crippen LogP contribution in [-0.2, 0) is 13.0 Å². The molecular weight excluding hydrogens is 238 g/mol. The molecule has 106 valence electrons. The van der Waals surface area contributed by atoms with Crippen LogP contribution < -0.4 is 10.1 Å². The lowest BCUT2D eigenvalue weighted by Gasteiger charge is -2.21. The molecule has 2 N–H and O–H groups in total. The van der Waals surface area contributed by atoms with E-state index in [1.54, 1.807) is 0 Å². The zero-order valence-corrected chi connectivity index (χ0v) is 12.0. The molecule has 0 aliphatic carbocycles. The molecule has 0 amide bonds. The number of aliphatic hydroxyl groups excluding tert-OH is 1. The van der Waals surface area contributed by atoms with Crippen molar-refractivity contribution in [2.24, 2.45) is 5.41 Å². The van der Waals surface area contributed by atoms with E-state index in [1.165, 1.54) is 11.1 Å². The number of aliphatic hydroxyl groups is 1. The van der Waals surface area contributed by atoms with E-state index in [9.17, 15) is 5.11 Å². The molecule has 0 radical (unpaired) electrons. The monoisotopic (exact) mass is 263 g/mol. The van der Waals surface area contributed by atoms with Crippen LogP contribution in [0, 0.1) is 5.41 Å². The summed E-state index contributed by atoms with van der Waals surface area (Å²) in [5.41, 5.74) is 2.71. The number of rotatable bonds is 7. The number of ether oxygens (including phenoxy) is 1. The van der Waals surface area contributed by atoms with E-state index in [-0.39, 0.29) is 12.0 Å². The van der Waals surface area contributed by atoms with Crippen molar-refractivity contribution in [1.29, 1.82) is 0 Å². The second-order valence-electron chi connectivity index (χ2n) is 6.14. The first-order chi connectivity index (χ1) is 9.11. The van der Waals surface area contributed by atoms with E-state index in [4.69, 9.17) is 4.74 Å². The minimum atomic E-state index is 0.0482. The van der Waals surface area contributed by atoms with E-state index >= 15 is 0 Å². The molecule has 0 aromatic heterocycles. The van der Waals surface area contributed by atoms with Gasteiger partial charge in [-0.15, -0.1) is 0 Å². The fourth-order valence-electron chi connectivity index (χ4n) is 2.35. The van der Waals surface area contributed by atoms with Gasteiger partial charge in [0.15, 0.2) is 0 Å². The lowest BCUT2D eigenvalue weighted by Crippen LogP contribution is -2.20. The smallest absolute Gasteiger partial charge is 0.122 e. The summed E-state index contributed by atoms with van der Waals surface area (Å²) < 4.78 is 5.50. The molecule has 2 rings (SSSR count). The first-order valence-electron chi connectivity index (χ1n) is 7.17. The Labute approximate surface area is 116 Å². The van der Waals surface area contributed by atoms with Crippen LogP contribution in [-0.4, -0.2) is 24.9 Å². The Morgan fingerprint density at radius 2 is 2.21 bits per heavy atom. The molecule has 19 heavy (non-hydrogen) atoms. The number of hydrogen-bond donors (Lipinski definition) is 2. The van der Waals surface area contributed by atoms with Gasteiger partial charge in [-0.1, -0.05) is 26.0 Å². The number of benzene rings is 1. The summed E-state index contributed by atoms with van der Waals surface area (Å²) in [6.07, 6.45) is 3.18. The summed E-state index contributed by atoms with van der Waals surface area (Å²) in [6.45, 7) is 7.20. The fraction of sp³-hybridized carbons (Fsp3) is 0.625. The van der Waals surface area contributed by atoms with Crippen LogP contribution in [0.3, 0.4) is 0 Å². The molecule has 3 nitrogen and oxygen atoms in total. The topological polar surface area (TPSA) is 41.5 Å². The Kier molecular flexibility index (Phi) is 4.83. The zero-order chi connectivity index (χ0) is 13.7. The Balaban J connectivity index is 1.69. The largest absolute Gasteiger partial charge is 0.493 e. The predicted octanol–water partition coefficient (Wildman–Crippen LogP) is 2.51. The lowest BCUT2D eigenvalue weighted by atomic mass is 9.89. The maximum Gasteiger partial charge on any atom is 0.122 e. The molecule has 1 heterocycles. The molecule has 0 saturated carbocycles. The van der Waals surface area contributed by atoms with Gasteiger partial charge in [0, 0.05) is 19.6 Å². The second kappa shape index (κ2) is 6.40. The van der Waals surface area contributed by atoms with Crippen LogP contribution in [0.25, 0.3) is 0 Å². The van der Waals surface area contributed by atoms with Gasteiger partial charge in [-0.3, -0.25) is 0 Å². The summed E-state index contributed by atoms with van der Waals surface area (Å²) in [4.78, 5) is 0. The third kappa shape index (κ3) is 4.22. The Morgan fingerprint density at radius 1 is 1.37 bits per heavy atom. The van der Waals surface area contributed by atoms with Crippen LogP contribution in [0.1, 0.15) is 37.8 Å². The van der Waals surface area contributed by atoms with Gasteiger partial charge in [-0.05, 0) is 42.0 Å². The zero-order valence-electron chi connectivity index (χ0n) is 12.0.